The minimum atomic E-state index is -0.220. The lowest BCUT2D eigenvalue weighted by Crippen LogP contribution is -2.10. The van der Waals surface area contributed by atoms with Crippen LogP contribution in [0.4, 0.5) is 4.39 Å². The highest BCUT2D eigenvalue weighted by atomic mass is 32.2. The number of benzene rings is 1. The number of halogens is 1. The maximum absolute atomic E-state index is 12.8. The predicted molar refractivity (Wildman–Crippen MR) is 65.8 cm³/mol. The SMILES string of the molecule is C[C@H](NSc1cnccn1)c1ccc(F)cc1. The van der Waals surface area contributed by atoms with Gasteiger partial charge in [-0.1, -0.05) is 12.1 Å². The molecule has 1 aromatic carbocycles. The van der Waals surface area contributed by atoms with Crippen LogP contribution in [0, 0.1) is 5.82 Å². The maximum Gasteiger partial charge on any atom is 0.129 e. The van der Waals surface area contributed by atoms with E-state index in [9.17, 15) is 4.39 Å². The number of nitrogens with zero attached hydrogens (tertiary/aromatic N) is 2. The second kappa shape index (κ2) is 5.75. The molecule has 0 spiro atoms. The van der Waals surface area contributed by atoms with E-state index in [1.165, 1.54) is 24.1 Å². The van der Waals surface area contributed by atoms with Crippen molar-refractivity contribution in [3.63, 3.8) is 0 Å². The number of nitrogens with one attached hydrogen (secondary N) is 1. The van der Waals surface area contributed by atoms with Gasteiger partial charge in [-0.3, -0.25) is 9.71 Å². The van der Waals surface area contributed by atoms with Gasteiger partial charge < -0.3 is 0 Å². The summed E-state index contributed by atoms with van der Waals surface area (Å²) in [5, 5.41) is 0.807. The standard InChI is InChI=1S/C12H12FN3S/c1-9(10-2-4-11(13)5-3-10)16-17-12-8-14-6-7-15-12/h2-9,16H,1H3/t9-/m0/s1. The Hall–Kier alpha value is -1.46. The molecule has 0 amide bonds. The highest BCUT2D eigenvalue weighted by molar-refractivity contribution is 7.97. The van der Waals surface area contributed by atoms with Crippen molar-refractivity contribution in [1.82, 2.24) is 14.7 Å². The molecule has 0 saturated carbocycles. The van der Waals surface area contributed by atoms with Crippen molar-refractivity contribution in [2.45, 2.75) is 18.0 Å². The number of hydrogen-bond donors (Lipinski definition) is 1. The molecule has 2 rings (SSSR count). The molecule has 0 fully saturated rings. The lowest BCUT2D eigenvalue weighted by molar-refractivity contribution is 0.625. The van der Waals surface area contributed by atoms with Crippen molar-refractivity contribution in [1.29, 1.82) is 0 Å². The minimum absolute atomic E-state index is 0.114. The predicted octanol–water partition coefficient (Wildman–Crippen LogP) is 2.97. The minimum Gasteiger partial charge on any atom is -0.260 e. The zero-order valence-corrected chi connectivity index (χ0v) is 10.1. The van der Waals surface area contributed by atoms with E-state index in [-0.39, 0.29) is 11.9 Å². The molecular weight excluding hydrogens is 237 g/mol. The summed E-state index contributed by atoms with van der Waals surface area (Å²) in [6.45, 7) is 2.01. The van der Waals surface area contributed by atoms with Crippen molar-refractivity contribution in [3.8, 4) is 0 Å². The summed E-state index contributed by atoms with van der Waals surface area (Å²) < 4.78 is 16.0. The molecule has 0 aliphatic carbocycles. The fraction of sp³-hybridized carbons (Fsp3) is 0.167. The van der Waals surface area contributed by atoms with E-state index in [0.717, 1.165) is 10.6 Å². The van der Waals surface area contributed by atoms with Crippen LogP contribution in [-0.4, -0.2) is 9.97 Å². The molecule has 5 heteroatoms. The van der Waals surface area contributed by atoms with Gasteiger partial charge in [0.1, 0.15) is 10.8 Å². The van der Waals surface area contributed by atoms with Crippen LogP contribution in [0.25, 0.3) is 0 Å². The van der Waals surface area contributed by atoms with Gasteiger partial charge in [0, 0.05) is 18.4 Å². The van der Waals surface area contributed by atoms with Gasteiger partial charge in [-0.15, -0.1) is 0 Å². The summed E-state index contributed by atoms with van der Waals surface area (Å²) >= 11 is 1.41. The van der Waals surface area contributed by atoms with Crippen LogP contribution in [0.2, 0.25) is 0 Å². The molecule has 2 aromatic rings. The highest BCUT2D eigenvalue weighted by Gasteiger charge is 2.05. The van der Waals surface area contributed by atoms with Gasteiger partial charge in [0.05, 0.1) is 6.20 Å². The Balaban J connectivity index is 1.93. The van der Waals surface area contributed by atoms with Crippen molar-refractivity contribution >= 4 is 11.9 Å². The Morgan fingerprint density at radius 2 is 2.00 bits per heavy atom. The summed E-state index contributed by atoms with van der Waals surface area (Å²) in [5.74, 6) is -0.220. The monoisotopic (exact) mass is 249 g/mol. The van der Waals surface area contributed by atoms with E-state index < -0.39 is 0 Å². The quantitative estimate of drug-likeness (QED) is 0.845. The fourth-order valence-corrected chi connectivity index (χ4v) is 1.97. The molecule has 3 nitrogen and oxygen atoms in total. The summed E-state index contributed by atoms with van der Waals surface area (Å²) in [5.41, 5.74) is 1.03. The molecular formula is C12H12FN3S. The van der Waals surface area contributed by atoms with Crippen LogP contribution in [0.5, 0.6) is 0 Å². The Morgan fingerprint density at radius 1 is 1.24 bits per heavy atom. The summed E-state index contributed by atoms with van der Waals surface area (Å²) in [7, 11) is 0. The van der Waals surface area contributed by atoms with Crippen LogP contribution in [0.3, 0.4) is 0 Å². The molecule has 1 atom stereocenters. The third-order valence-corrected chi connectivity index (χ3v) is 3.14. The van der Waals surface area contributed by atoms with Gasteiger partial charge in [-0.2, -0.15) is 0 Å². The lowest BCUT2D eigenvalue weighted by atomic mass is 10.1. The second-order valence-electron chi connectivity index (χ2n) is 3.54. The number of hydrogen-bond acceptors (Lipinski definition) is 4. The molecule has 88 valence electrons. The summed E-state index contributed by atoms with van der Waals surface area (Å²) in [6, 6.07) is 6.57. The number of rotatable bonds is 4. The van der Waals surface area contributed by atoms with Gasteiger partial charge in [0.15, 0.2) is 0 Å². The Kier molecular flexibility index (Phi) is 4.06. The molecule has 0 unspecified atom stereocenters. The smallest absolute Gasteiger partial charge is 0.129 e. The molecule has 0 radical (unpaired) electrons. The lowest BCUT2D eigenvalue weighted by Gasteiger charge is -2.12. The first-order valence-electron chi connectivity index (χ1n) is 5.19. The normalized spacial score (nSPS) is 12.4. The Morgan fingerprint density at radius 3 is 2.65 bits per heavy atom. The van der Waals surface area contributed by atoms with Crippen LogP contribution in [0.15, 0.2) is 47.9 Å². The molecule has 17 heavy (non-hydrogen) atoms. The Bertz CT molecular complexity index is 461. The van der Waals surface area contributed by atoms with Gasteiger partial charge in [0.2, 0.25) is 0 Å². The summed E-state index contributed by atoms with van der Waals surface area (Å²) in [4.78, 5) is 8.11. The van der Waals surface area contributed by atoms with Gasteiger partial charge in [0.25, 0.3) is 0 Å². The molecule has 0 saturated heterocycles. The summed E-state index contributed by atoms with van der Waals surface area (Å²) in [6.07, 6.45) is 4.97. The zero-order chi connectivity index (χ0) is 12.1. The van der Waals surface area contributed by atoms with E-state index in [0.29, 0.717) is 0 Å². The molecule has 0 aliphatic rings. The van der Waals surface area contributed by atoms with Crippen molar-refractivity contribution in [3.05, 3.63) is 54.2 Å². The van der Waals surface area contributed by atoms with Crippen LogP contribution >= 0.6 is 11.9 Å². The first-order valence-corrected chi connectivity index (χ1v) is 6.01. The third kappa shape index (κ3) is 3.51. The van der Waals surface area contributed by atoms with Crippen LogP contribution in [-0.2, 0) is 0 Å². The third-order valence-electron chi connectivity index (χ3n) is 2.25. The number of aromatic nitrogens is 2. The highest BCUT2D eigenvalue weighted by Crippen LogP contribution is 2.18. The molecule has 0 aliphatic heterocycles. The first-order chi connectivity index (χ1) is 8.25. The van der Waals surface area contributed by atoms with E-state index in [4.69, 9.17) is 0 Å². The van der Waals surface area contributed by atoms with E-state index in [1.54, 1.807) is 30.7 Å². The van der Waals surface area contributed by atoms with Crippen molar-refractivity contribution in [2.75, 3.05) is 0 Å². The zero-order valence-electron chi connectivity index (χ0n) is 9.30. The Labute approximate surface area is 104 Å². The second-order valence-corrected chi connectivity index (χ2v) is 4.39. The van der Waals surface area contributed by atoms with E-state index in [2.05, 4.69) is 14.7 Å². The molecule has 1 aromatic heterocycles. The van der Waals surface area contributed by atoms with Gasteiger partial charge in [-0.25, -0.2) is 9.37 Å². The molecule has 1 heterocycles. The van der Waals surface area contributed by atoms with Crippen molar-refractivity contribution in [2.24, 2.45) is 0 Å². The van der Waals surface area contributed by atoms with Gasteiger partial charge >= 0.3 is 0 Å². The fourth-order valence-electron chi connectivity index (χ4n) is 1.31. The van der Waals surface area contributed by atoms with Crippen LogP contribution in [0.1, 0.15) is 18.5 Å². The van der Waals surface area contributed by atoms with E-state index in [1.807, 2.05) is 6.92 Å². The van der Waals surface area contributed by atoms with E-state index >= 15 is 0 Å². The first kappa shape index (κ1) is 12.0. The average Bonchev–Trinajstić information content (AvgIpc) is 2.38. The molecule has 0 bridgehead atoms. The largest absolute Gasteiger partial charge is 0.260 e. The van der Waals surface area contributed by atoms with Crippen molar-refractivity contribution < 1.29 is 4.39 Å². The average molecular weight is 249 g/mol. The maximum atomic E-state index is 12.8. The van der Waals surface area contributed by atoms with Gasteiger partial charge in [-0.05, 0) is 36.6 Å². The topological polar surface area (TPSA) is 37.8 Å². The van der Waals surface area contributed by atoms with Crippen LogP contribution < -0.4 is 4.72 Å². The molecule has 1 N–H and O–H groups in total.